The fraction of sp³-hybridized carbons (Fsp3) is 0.200. The molecule has 2 aliphatic rings. The van der Waals surface area contributed by atoms with Gasteiger partial charge in [-0.15, -0.1) is 11.8 Å². The molecule has 0 fully saturated rings. The second-order valence-electron chi connectivity index (χ2n) is 6.03. The highest BCUT2D eigenvalue weighted by Crippen LogP contribution is 2.41. The third kappa shape index (κ3) is 2.74. The highest BCUT2D eigenvalue weighted by Gasteiger charge is 2.42. The van der Waals surface area contributed by atoms with E-state index in [1.165, 1.54) is 0 Å². The second kappa shape index (κ2) is 6.41. The van der Waals surface area contributed by atoms with E-state index >= 15 is 0 Å². The number of esters is 1. The summed E-state index contributed by atoms with van der Waals surface area (Å²) in [5, 5.41) is 0. The molecule has 2 aliphatic heterocycles. The smallest absolute Gasteiger partial charge is 0.336 e. The van der Waals surface area contributed by atoms with E-state index in [9.17, 15) is 9.59 Å². The lowest BCUT2D eigenvalue weighted by Gasteiger charge is -2.31. The van der Waals surface area contributed by atoms with Crippen LogP contribution in [0.2, 0.25) is 0 Å². The predicted molar refractivity (Wildman–Crippen MR) is 97.5 cm³/mol. The van der Waals surface area contributed by atoms with Gasteiger partial charge in [0.2, 0.25) is 5.91 Å². The Balaban J connectivity index is 1.79. The van der Waals surface area contributed by atoms with Crippen molar-refractivity contribution in [1.29, 1.82) is 0 Å². The Labute approximate surface area is 150 Å². The summed E-state index contributed by atoms with van der Waals surface area (Å²) in [7, 11) is 0. The topological polar surface area (TPSA) is 46.6 Å². The van der Waals surface area contributed by atoms with Crippen molar-refractivity contribution in [2.45, 2.75) is 17.2 Å². The van der Waals surface area contributed by atoms with E-state index < -0.39 is 0 Å². The molecule has 0 spiro atoms. The Hall–Kier alpha value is -2.53. The van der Waals surface area contributed by atoms with Crippen LogP contribution in [0.25, 0.3) is 0 Å². The number of amides is 1. The summed E-state index contributed by atoms with van der Waals surface area (Å²) >= 11 is 1.66. The maximum Gasteiger partial charge on any atom is 0.336 e. The first kappa shape index (κ1) is 16.0. The zero-order valence-corrected chi connectivity index (χ0v) is 14.6. The zero-order chi connectivity index (χ0) is 17.4. The fourth-order valence-corrected chi connectivity index (χ4v) is 3.86. The Bertz CT molecular complexity index is 858. The average molecular weight is 351 g/mol. The van der Waals surface area contributed by atoms with Crippen LogP contribution in [0.5, 0.6) is 0 Å². The molecule has 2 heterocycles. The van der Waals surface area contributed by atoms with E-state index in [4.69, 9.17) is 4.74 Å². The fourth-order valence-electron chi connectivity index (χ4n) is 3.45. The number of anilines is 1. The van der Waals surface area contributed by atoms with Gasteiger partial charge in [0.05, 0.1) is 11.3 Å². The van der Waals surface area contributed by atoms with Gasteiger partial charge in [0.15, 0.2) is 0 Å². The third-order valence-corrected chi connectivity index (χ3v) is 5.39. The summed E-state index contributed by atoms with van der Waals surface area (Å²) in [4.78, 5) is 28.0. The summed E-state index contributed by atoms with van der Waals surface area (Å²) in [5.41, 5.74) is 3.03. The molecular weight excluding hydrogens is 334 g/mol. The van der Waals surface area contributed by atoms with Crippen LogP contribution in [0, 0.1) is 0 Å². The van der Waals surface area contributed by atoms with Crippen molar-refractivity contribution in [3.8, 4) is 0 Å². The van der Waals surface area contributed by atoms with Gasteiger partial charge in [-0.05, 0) is 36.1 Å². The molecule has 1 amide bonds. The molecule has 0 unspecified atom stereocenters. The van der Waals surface area contributed by atoms with Gasteiger partial charge >= 0.3 is 5.97 Å². The van der Waals surface area contributed by atoms with E-state index in [0.717, 1.165) is 16.1 Å². The van der Waals surface area contributed by atoms with Crippen LogP contribution in [0.3, 0.4) is 0 Å². The first-order valence-electron chi connectivity index (χ1n) is 8.11. The lowest BCUT2D eigenvalue weighted by molar-refractivity contribution is -0.136. The van der Waals surface area contributed by atoms with Crippen LogP contribution < -0.4 is 4.90 Å². The number of para-hydroxylation sites is 1. The van der Waals surface area contributed by atoms with Gasteiger partial charge in [-0.2, -0.15) is 0 Å². The van der Waals surface area contributed by atoms with Crippen LogP contribution in [-0.4, -0.2) is 24.7 Å². The van der Waals surface area contributed by atoms with Gasteiger partial charge in [0, 0.05) is 22.9 Å². The van der Waals surface area contributed by atoms with Gasteiger partial charge in [-0.3, -0.25) is 9.69 Å². The Morgan fingerprint density at radius 2 is 1.76 bits per heavy atom. The minimum absolute atomic E-state index is 0.0119. The molecule has 0 aromatic heterocycles. The SMILES string of the molecule is CSc1ccc([C@@H]2CC(=O)N(c3ccccc3)C3=C2C(=O)OC3)cc1. The highest BCUT2D eigenvalue weighted by atomic mass is 32.2. The maximum absolute atomic E-state index is 12.9. The van der Waals surface area contributed by atoms with Gasteiger partial charge < -0.3 is 4.74 Å². The molecule has 4 nitrogen and oxygen atoms in total. The number of hydrogen-bond donors (Lipinski definition) is 0. The van der Waals surface area contributed by atoms with Crippen LogP contribution in [-0.2, 0) is 14.3 Å². The third-order valence-electron chi connectivity index (χ3n) is 4.65. The van der Waals surface area contributed by atoms with Crippen molar-refractivity contribution >= 4 is 29.3 Å². The number of carbonyl (C=O) groups excluding carboxylic acids is 2. The first-order chi connectivity index (χ1) is 12.2. The standard InChI is InChI=1S/C20H17NO3S/c1-25-15-9-7-13(8-10-15)16-11-18(22)21(14-5-3-2-4-6-14)17-12-24-20(23)19(16)17/h2-10,16H,11-12H2,1H3/t16-/m0/s1. The molecule has 1 atom stereocenters. The molecule has 0 aliphatic carbocycles. The van der Waals surface area contributed by atoms with Crippen LogP contribution in [0.15, 0.2) is 70.8 Å². The normalized spacial score (nSPS) is 19.9. The molecule has 0 N–H and O–H groups in total. The van der Waals surface area contributed by atoms with E-state index in [2.05, 4.69) is 0 Å². The second-order valence-corrected chi connectivity index (χ2v) is 6.91. The largest absolute Gasteiger partial charge is 0.456 e. The summed E-state index contributed by atoms with van der Waals surface area (Å²) < 4.78 is 5.29. The van der Waals surface area contributed by atoms with Crippen molar-refractivity contribution in [3.63, 3.8) is 0 Å². The first-order valence-corrected chi connectivity index (χ1v) is 9.33. The molecule has 126 valence electrons. The van der Waals surface area contributed by atoms with Crippen molar-refractivity contribution in [3.05, 3.63) is 71.4 Å². The number of nitrogens with zero attached hydrogens (tertiary/aromatic N) is 1. The lowest BCUT2D eigenvalue weighted by Crippen LogP contribution is -2.37. The number of hydrogen-bond acceptors (Lipinski definition) is 4. The molecule has 2 aromatic rings. The zero-order valence-electron chi connectivity index (χ0n) is 13.8. The quantitative estimate of drug-likeness (QED) is 0.624. The summed E-state index contributed by atoms with van der Waals surface area (Å²) in [6, 6.07) is 17.5. The number of cyclic esters (lactones) is 1. The number of ether oxygens (including phenoxy) is 1. The van der Waals surface area contributed by atoms with E-state index in [0.29, 0.717) is 11.3 Å². The number of carbonyl (C=O) groups is 2. The van der Waals surface area contributed by atoms with Crippen LogP contribution in [0.1, 0.15) is 17.9 Å². The lowest BCUT2D eigenvalue weighted by atomic mass is 9.84. The Morgan fingerprint density at radius 1 is 1.04 bits per heavy atom. The van der Waals surface area contributed by atoms with Crippen LogP contribution >= 0.6 is 11.8 Å². The maximum atomic E-state index is 12.9. The van der Waals surface area contributed by atoms with Crippen LogP contribution in [0.4, 0.5) is 5.69 Å². The molecule has 2 aromatic carbocycles. The van der Waals surface area contributed by atoms with Crippen molar-refractivity contribution in [2.24, 2.45) is 0 Å². The van der Waals surface area contributed by atoms with E-state index in [1.807, 2.05) is 60.9 Å². The number of thioether (sulfide) groups is 1. The molecular formula is C20H17NO3S. The number of rotatable bonds is 3. The number of benzene rings is 2. The molecule has 25 heavy (non-hydrogen) atoms. The average Bonchev–Trinajstić information content (AvgIpc) is 3.03. The van der Waals surface area contributed by atoms with Crippen molar-refractivity contribution < 1.29 is 14.3 Å². The molecule has 0 saturated heterocycles. The van der Waals surface area contributed by atoms with Gasteiger partial charge in [-0.1, -0.05) is 30.3 Å². The summed E-state index contributed by atoms with van der Waals surface area (Å²) in [6.07, 6.45) is 2.29. The van der Waals surface area contributed by atoms with Gasteiger partial charge in [0.25, 0.3) is 0 Å². The van der Waals surface area contributed by atoms with Crippen molar-refractivity contribution in [1.82, 2.24) is 0 Å². The summed E-state index contributed by atoms with van der Waals surface area (Å²) in [6.45, 7) is 0.147. The molecule has 0 saturated carbocycles. The monoisotopic (exact) mass is 351 g/mol. The highest BCUT2D eigenvalue weighted by molar-refractivity contribution is 7.98. The Morgan fingerprint density at radius 3 is 2.44 bits per heavy atom. The van der Waals surface area contributed by atoms with Gasteiger partial charge in [-0.25, -0.2) is 4.79 Å². The molecule has 0 radical (unpaired) electrons. The minimum Gasteiger partial charge on any atom is -0.456 e. The Kier molecular flexibility index (Phi) is 4.09. The van der Waals surface area contributed by atoms with Gasteiger partial charge in [0.1, 0.15) is 6.61 Å². The molecule has 4 rings (SSSR count). The van der Waals surface area contributed by atoms with Crippen molar-refractivity contribution in [2.75, 3.05) is 17.8 Å². The minimum atomic E-state index is -0.317. The molecule has 0 bridgehead atoms. The molecule has 5 heteroatoms. The van der Waals surface area contributed by atoms with E-state index in [-0.39, 0.29) is 30.8 Å². The van der Waals surface area contributed by atoms with E-state index in [1.54, 1.807) is 16.7 Å². The summed E-state index contributed by atoms with van der Waals surface area (Å²) in [5.74, 6) is -0.571. The predicted octanol–water partition coefficient (Wildman–Crippen LogP) is 3.74.